The van der Waals surface area contributed by atoms with E-state index in [0.717, 1.165) is 43.3 Å². The van der Waals surface area contributed by atoms with Crippen LogP contribution in [0.4, 0.5) is 0 Å². The molecule has 1 aromatic carbocycles. The summed E-state index contributed by atoms with van der Waals surface area (Å²) in [6, 6.07) is 9.05. The molecule has 0 bridgehead atoms. The van der Waals surface area contributed by atoms with Gasteiger partial charge in [0.1, 0.15) is 11.6 Å². The number of hydrogen-bond donors (Lipinski definition) is 1. The highest BCUT2D eigenvalue weighted by atomic mass is 15.3. The first-order valence-electron chi connectivity index (χ1n) is 9.98. The van der Waals surface area contributed by atoms with E-state index in [4.69, 9.17) is 4.98 Å². The Kier molecular flexibility index (Phi) is 4.06. The fraction of sp³-hybridized carbons (Fsp3) is 0.524. The lowest BCUT2D eigenvalue weighted by Crippen LogP contribution is -2.36. The fourth-order valence-electron chi connectivity index (χ4n) is 4.83. The predicted molar refractivity (Wildman–Crippen MR) is 106 cm³/mol. The Morgan fingerprint density at radius 2 is 1.93 bits per heavy atom. The second kappa shape index (κ2) is 6.46. The van der Waals surface area contributed by atoms with Gasteiger partial charge in [0.2, 0.25) is 0 Å². The number of para-hydroxylation sites is 2. The zero-order valence-corrected chi connectivity index (χ0v) is 16.2. The second-order valence-electron chi connectivity index (χ2n) is 8.27. The number of aromatic nitrogens is 4. The SMILES string of the molecule is Cn1ccnc1CN(Cc1nc2ccccc2n1C)C1CC12CCNCC2. The van der Waals surface area contributed by atoms with Crippen LogP contribution in [0.2, 0.25) is 0 Å². The van der Waals surface area contributed by atoms with E-state index < -0.39 is 0 Å². The van der Waals surface area contributed by atoms with Crippen molar-refractivity contribution < 1.29 is 0 Å². The van der Waals surface area contributed by atoms with Gasteiger partial charge >= 0.3 is 0 Å². The zero-order valence-electron chi connectivity index (χ0n) is 16.2. The van der Waals surface area contributed by atoms with Crippen molar-refractivity contribution in [3.8, 4) is 0 Å². The third-order valence-corrected chi connectivity index (χ3v) is 6.68. The maximum atomic E-state index is 4.93. The molecular formula is C21H28N6. The summed E-state index contributed by atoms with van der Waals surface area (Å²) in [5.41, 5.74) is 2.79. The molecule has 1 spiro atoms. The van der Waals surface area contributed by atoms with Crippen molar-refractivity contribution in [3.63, 3.8) is 0 Å². The Hall–Kier alpha value is -2.18. The van der Waals surface area contributed by atoms with Crippen molar-refractivity contribution in [2.24, 2.45) is 19.5 Å². The van der Waals surface area contributed by atoms with Crippen LogP contribution in [0.25, 0.3) is 11.0 Å². The summed E-state index contributed by atoms with van der Waals surface area (Å²) in [7, 11) is 4.22. The molecule has 27 heavy (non-hydrogen) atoms. The molecule has 5 rings (SSSR count). The van der Waals surface area contributed by atoms with Gasteiger partial charge in [-0.15, -0.1) is 0 Å². The van der Waals surface area contributed by atoms with Gasteiger partial charge in [0, 0.05) is 32.5 Å². The van der Waals surface area contributed by atoms with E-state index in [1.54, 1.807) is 0 Å². The van der Waals surface area contributed by atoms with Crippen molar-refractivity contribution in [1.82, 2.24) is 29.3 Å². The number of benzene rings is 1. The first kappa shape index (κ1) is 17.0. The van der Waals surface area contributed by atoms with Gasteiger partial charge < -0.3 is 14.5 Å². The molecule has 0 amide bonds. The standard InChI is InChI=1S/C21H28N6/c1-25-12-11-23-19(25)14-27(18-13-21(18)7-9-22-10-8-21)15-20-24-16-5-3-4-6-17(16)26(20)2/h3-6,11-12,18,22H,7-10,13-15H2,1-2H3. The van der Waals surface area contributed by atoms with Gasteiger partial charge in [-0.3, -0.25) is 4.90 Å². The largest absolute Gasteiger partial charge is 0.337 e. The summed E-state index contributed by atoms with van der Waals surface area (Å²) in [5, 5.41) is 3.52. The van der Waals surface area contributed by atoms with Crippen LogP contribution in [-0.2, 0) is 27.2 Å². The Morgan fingerprint density at radius 1 is 1.15 bits per heavy atom. The van der Waals surface area contributed by atoms with Crippen LogP contribution in [0.3, 0.4) is 0 Å². The Morgan fingerprint density at radius 3 is 2.67 bits per heavy atom. The van der Waals surface area contributed by atoms with Crippen LogP contribution in [0.15, 0.2) is 36.7 Å². The quantitative estimate of drug-likeness (QED) is 0.756. The first-order chi connectivity index (χ1) is 13.2. The van der Waals surface area contributed by atoms with Gasteiger partial charge in [-0.25, -0.2) is 9.97 Å². The lowest BCUT2D eigenvalue weighted by Gasteiger charge is -2.29. The first-order valence-corrected chi connectivity index (χ1v) is 9.98. The predicted octanol–water partition coefficient (Wildman–Crippen LogP) is 2.45. The van der Waals surface area contributed by atoms with Gasteiger partial charge in [0.25, 0.3) is 0 Å². The third-order valence-electron chi connectivity index (χ3n) is 6.68. The molecule has 2 aliphatic rings. The molecule has 1 unspecified atom stereocenters. The summed E-state index contributed by atoms with van der Waals surface area (Å²) < 4.78 is 4.39. The molecule has 0 radical (unpaired) electrons. The summed E-state index contributed by atoms with van der Waals surface area (Å²) in [6.07, 6.45) is 7.82. The monoisotopic (exact) mass is 364 g/mol. The van der Waals surface area contributed by atoms with Gasteiger partial charge in [-0.2, -0.15) is 0 Å². The molecule has 1 N–H and O–H groups in total. The summed E-state index contributed by atoms with van der Waals surface area (Å²) in [6.45, 7) is 4.06. The van der Waals surface area contributed by atoms with Gasteiger partial charge in [-0.1, -0.05) is 12.1 Å². The number of aryl methyl sites for hydroxylation is 2. The van der Waals surface area contributed by atoms with E-state index in [1.165, 1.54) is 24.8 Å². The van der Waals surface area contributed by atoms with Crippen molar-refractivity contribution >= 4 is 11.0 Å². The lowest BCUT2D eigenvalue weighted by atomic mass is 9.93. The Bertz CT molecular complexity index is 949. The molecule has 3 heterocycles. The fourth-order valence-corrected chi connectivity index (χ4v) is 4.83. The molecular weight excluding hydrogens is 336 g/mol. The van der Waals surface area contributed by atoms with E-state index in [1.807, 2.05) is 12.4 Å². The minimum Gasteiger partial charge on any atom is -0.337 e. The normalized spacial score (nSPS) is 21.4. The number of fused-ring (bicyclic) bond motifs is 1. The van der Waals surface area contributed by atoms with Crippen LogP contribution in [0, 0.1) is 5.41 Å². The minimum atomic E-state index is 0.501. The van der Waals surface area contributed by atoms with Crippen LogP contribution in [-0.4, -0.2) is 43.1 Å². The number of rotatable bonds is 5. The molecule has 142 valence electrons. The van der Waals surface area contributed by atoms with Crippen molar-refractivity contribution in [2.45, 2.75) is 38.4 Å². The Labute approximate surface area is 160 Å². The molecule has 2 aromatic heterocycles. The topological polar surface area (TPSA) is 50.9 Å². The number of nitrogens with zero attached hydrogens (tertiary/aromatic N) is 5. The number of piperidine rings is 1. The van der Waals surface area contributed by atoms with Crippen LogP contribution < -0.4 is 5.32 Å². The number of hydrogen-bond acceptors (Lipinski definition) is 4. The van der Waals surface area contributed by atoms with Crippen LogP contribution >= 0.6 is 0 Å². The molecule has 1 atom stereocenters. The van der Waals surface area contributed by atoms with Crippen LogP contribution in [0.5, 0.6) is 0 Å². The second-order valence-corrected chi connectivity index (χ2v) is 8.27. The molecule has 2 fully saturated rings. The molecule has 1 aliphatic heterocycles. The smallest absolute Gasteiger partial charge is 0.123 e. The van der Waals surface area contributed by atoms with E-state index in [2.05, 4.69) is 62.7 Å². The average Bonchev–Trinajstić information content (AvgIpc) is 3.04. The zero-order chi connectivity index (χ0) is 18.4. The van der Waals surface area contributed by atoms with Gasteiger partial charge in [-0.05, 0) is 49.9 Å². The van der Waals surface area contributed by atoms with E-state index in [9.17, 15) is 0 Å². The van der Waals surface area contributed by atoms with E-state index >= 15 is 0 Å². The van der Waals surface area contributed by atoms with Crippen LogP contribution in [0.1, 0.15) is 30.9 Å². The lowest BCUT2D eigenvalue weighted by molar-refractivity contribution is 0.178. The molecule has 1 aliphatic carbocycles. The molecule has 6 heteroatoms. The summed E-state index contributed by atoms with van der Waals surface area (Å²) >= 11 is 0. The van der Waals surface area contributed by atoms with E-state index in [0.29, 0.717) is 11.5 Å². The molecule has 3 aromatic rings. The average molecular weight is 364 g/mol. The van der Waals surface area contributed by atoms with Gasteiger partial charge in [0.05, 0.1) is 24.1 Å². The van der Waals surface area contributed by atoms with Crippen molar-refractivity contribution in [2.75, 3.05) is 13.1 Å². The van der Waals surface area contributed by atoms with Gasteiger partial charge in [0.15, 0.2) is 0 Å². The van der Waals surface area contributed by atoms with E-state index in [-0.39, 0.29) is 0 Å². The molecule has 6 nitrogen and oxygen atoms in total. The minimum absolute atomic E-state index is 0.501. The number of nitrogens with one attached hydrogen (secondary N) is 1. The Balaban J connectivity index is 1.44. The number of imidazole rings is 2. The maximum absolute atomic E-state index is 4.93. The summed E-state index contributed by atoms with van der Waals surface area (Å²) in [4.78, 5) is 12.1. The highest BCUT2D eigenvalue weighted by Gasteiger charge is 2.56. The molecule has 1 saturated carbocycles. The van der Waals surface area contributed by atoms with Crippen molar-refractivity contribution in [3.05, 3.63) is 48.3 Å². The third kappa shape index (κ3) is 2.97. The molecule has 1 saturated heterocycles. The van der Waals surface area contributed by atoms with Crippen molar-refractivity contribution in [1.29, 1.82) is 0 Å². The highest BCUT2D eigenvalue weighted by molar-refractivity contribution is 5.75. The maximum Gasteiger partial charge on any atom is 0.123 e. The highest BCUT2D eigenvalue weighted by Crippen LogP contribution is 2.56. The summed E-state index contributed by atoms with van der Waals surface area (Å²) in [5.74, 6) is 2.27.